The highest BCUT2D eigenvalue weighted by Crippen LogP contribution is 2.29. The number of hydrogen-bond donors (Lipinski definition) is 3. The van der Waals surface area contributed by atoms with Crippen LogP contribution in [0, 0.1) is 0 Å². The zero-order chi connectivity index (χ0) is 20.1. The highest BCUT2D eigenvalue weighted by atomic mass is 35.5. The number of anilines is 2. The molecule has 0 unspecified atom stereocenters. The Morgan fingerprint density at radius 3 is 2.21 bits per heavy atom. The Kier molecular flexibility index (Phi) is 6.08. The minimum absolute atomic E-state index is 0.111. The topological polar surface area (TPSA) is 83.4 Å². The smallest absolute Gasteiger partial charge is 0.293 e. The van der Waals surface area contributed by atoms with Crippen molar-refractivity contribution in [1.82, 2.24) is 5.32 Å². The summed E-state index contributed by atoms with van der Waals surface area (Å²) in [7, 11) is 0. The Labute approximate surface area is 171 Å². The minimum atomic E-state index is -0.481. The van der Waals surface area contributed by atoms with Crippen LogP contribution in [0.2, 0.25) is 5.02 Å². The molecule has 1 heterocycles. The third-order valence-corrected chi connectivity index (χ3v) is 4.19. The van der Waals surface area contributed by atoms with Crippen molar-refractivity contribution in [2.24, 2.45) is 0 Å². The van der Waals surface area contributed by atoms with E-state index in [0.29, 0.717) is 27.7 Å². The van der Waals surface area contributed by atoms with Crippen molar-refractivity contribution in [3.63, 3.8) is 0 Å². The molecule has 0 fully saturated rings. The Bertz CT molecular complexity index is 1030. The molecule has 2 amide bonds. The number of hydrogen-bond acceptors (Lipinski definition) is 4. The number of rotatable bonds is 4. The highest BCUT2D eigenvalue weighted by Gasteiger charge is 2.15. The fraction of sp³-hybridized carbons (Fsp3) is 0.0500. The van der Waals surface area contributed by atoms with Crippen LogP contribution in [-0.2, 0) is 4.79 Å². The number of halogens is 1. The number of amides is 2. The molecule has 8 heteroatoms. The normalized spacial score (nSPS) is 10.2. The molecule has 0 atom stereocenters. The molecular formula is C20H16ClN3O3S. The quantitative estimate of drug-likeness (QED) is 0.540. The average Bonchev–Trinajstić information content (AvgIpc) is 3.13. The number of nitrogens with one attached hydrogen (secondary N) is 3. The molecule has 0 aliphatic heterocycles. The first-order chi connectivity index (χ1) is 13.4. The van der Waals surface area contributed by atoms with Crippen LogP contribution in [0.15, 0.2) is 65.1 Å². The van der Waals surface area contributed by atoms with Gasteiger partial charge in [-0.05, 0) is 60.7 Å². The van der Waals surface area contributed by atoms with E-state index in [1.54, 1.807) is 48.5 Å². The first-order valence-electron chi connectivity index (χ1n) is 8.27. The lowest BCUT2D eigenvalue weighted by Crippen LogP contribution is -2.33. The molecule has 0 saturated carbocycles. The number of carbonyl (C=O) groups is 2. The van der Waals surface area contributed by atoms with E-state index in [1.165, 1.54) is 6.92 Å². The zero-order valence-electron chi connectivity index (χ0n) is 14.8. The van der Waals surface area contributed by atoms with Crippen molar-refractivity contribution in [3.05, 3.63) is 71.4 Å². The molecule has 142 valence electrons. The van der Waals surface area contributed by atoms with Crippen LogP contribution in [0.25, 0.3) is 11.3 Å². The van der Waals surface area contributed by atoms with Crippen molar-refractivity contribution in [2.75, 3.05) is 10.6 Å². The number of carbonyl (C=O) groups excluding carboxylic acids is 2. The van der Waals surface area contributed by atoms with E-state index in [-0.39, 0.29) is 16.8 Å². The maximum Gasteiger partial charge on any atom is 0.293 e. The molecule has 28 heavy (non-hydrogen) atoms. The summed E-state index contributed by atoms with van der Waals surface area (Å²) in [6, 6.07) is 17.3. The number of furan rings is 1. The Balaban J connectivity index is 1.61. The number of thiocarbonyl (C=S) groups is 1. The van der Waals surface area contributed by atoms with Gasteiger partial charge in [0.25, 0.3) is 5.91 Å². The molecule has 0 spiro atoms. The van der Waals surface area contributed by atoms with Crippen molar-refractivity contribution < 1.29 is 14.0 Å². The van der Waals surface area contributed by atoms with E-state index in [9.17, 15) is 9.59 Å². The predicted molar refractivity (Wildman–Crippen MR) is 114 cm³/mol. The Morgan fingerprint density at radius 1 is 0.929 bits per heavy atom. The molecule has 3 N–H and O–H groups in total. The maximum atomic E-state index is 12.3. The molecular weight excluding hydrogens is 398 g/mol. The van der Waals surface area contributed by atoms with E-state index < -0.39 is 5.91 Å². The van der Waals surface area contributed by atoms with Gasteiger partial charge in [-0.25, -0.2) is 0 Å². The van der Waals surface area contributed by atoms with E-state index in [2.05, 4.69) is 16.0 Å². The number of benzene rings is 2. The molecule has 3 aromatic rings. The summed E-state index contributed by atoms with van der Waals surface area (Å²) in [4.78, 5) is 23.4. The Morgan fingerprint density at radius 2 is 1.57 bits per heavy atom. The summed E-state index contributed by atoms with van der Waals surface area (Å²) in [5.74, 6) is -0.0352. The molecule has 0 bridgehead atoms. The molecule has 0 saturated heterocycles. The van der Waals surface area contributed by atoms with Crippen molar-refractivity contribution in [2.45, 2.75) is 6.92 Å². The second kappa shape index (κ2) is 8.69. The first kappa shape index (κ1) is 19.6. The molecule has 1 aromatic heterocycles. The maximum absolute atomic E-state index is 12.3. The van der Waals surface area contributed by atoms with Gasteiger partial charge < -0.3 is 15.1 Å². The van der Waals surface area contributed by atoms with Gasteiger partial charge >= 0.3 is 0 Å². The third kappa shape index (κ3) is 4.97. The van der Waals surface area contributed by atoms with Gasteiger partial charge in [0.15, 0.2) is 10.9 Å². The predicted octanol–water partition coefficient (Wildman–Crippen LogP) is 4.69. The minimum Gasteiger partial charge on any atom is -0.451 e. The molecule has 2 aromatic carbocycles. The van der Waals surface area contributed by atoms with E-state index >= 15 is 0 Å². The third-order valence-electron chi connectivity index (χ3n) is 3.66. The summed E-state index contributed by atoms with van der Waals surface area (Å²) in [6.45, 7) is 1.43. The average molecular weight is 414 g/mol. The van der Waals surface area contributed by atoms with E-state index in [1.807, 2.05) is 12.1 Å². The summed E-state index contributed by atoms with van der Waals surface area (Å²) >= 11 is 11.3. The second-order valence-electron chi connectivity index (χ2n) is 5.81. The van der Waals surface area contributed by atoms with Crippen LogP contribution in [0.5, 0.6) is 0 Å². The molecule has 6 nitrogen and oxygen atoms in total. The second-order valence-corrected chi connectivity index (χ2v) is 6.63. The van der Waals surface area contributed by atoms with Gasteiger partial charge in [-0.3, -0.25) is 14.9 Å². The zero-order valence-corrected chi connectivity index (χ0v) is 16.4. The van der Waals surface area contributed by atoms with Crippen LogP contribution in [0.1, 0.15) is 17.5 Å². The van der Waals surface area contributed by atoms with Gasteiger partial charge in [-0.1, -0.05) is 23.7 Å². The van der Waals surface area contributed by atoms with Gasteiger partial charge in [0, 0.05) is 23.9 Å². The largest absolute Gasteiger partial charge is 0.451 e. The molecule has 3 rings (SSSR count). The van der Waals surface area contributed by atoms with Crippen molar-refractivity contribution >= 4 is 52.1 Å². The van der Waals surface area contributed by atoms with Crippen LogP contribution in [0.4, 0.5) is 11.4 Å². The van der Waals surface area contributed by atoms with E-state index in [0.717, 1.165) is 0 Å². The molecule has 0 aliphatic rings. The SMILES string of the molecule is CC(=O)Nc1ccc(NC(=S)NC(=O)c2ccc(-c3ccccc3Cl)o2)cc1. The molecule has 0 radical (unpaired) electrons. The highest BCUT2D eigenvalue weighted by molar-refractivity contribution is 7.80. The van der Waals surface area contributed by atoms with Gasteiger partial charge in [-0.15, -0.1) is 0 Å². The van der Waals surface area contributed by atoms with Crippen LogP contribution in [0.3, 0.4) is 0 Å². The summed E-state index contributed by atoms with van der Waals surface area (Å²) in [5, 5.41) is 8.77. The van der Waals surface area contributed by atoms with Crippen LogP contribution in [-0.4, -0.2) is 16.9 Å². The van der Waals surface area contributed by atoms with Gasteiger partial charge in [0.1, 0.15) is 5.76 Å². The summed E-state index contributed by atoms with van der Waals surface area (Å²) < 4.78 is 5.59. The van der Waals surface area contributed by atoms with Gasteiger partial charge in [0.2, 0.25) is 5.91 Å². The first-order valence-corrected chi connectivity index (χ1v) is 9.06. The van der Waals surface area contributed by atoms with Gasteiger partial charge in [-0.2, -0.15) is 0 Å². The van der Waals surface area contributed by atoms with Gasteiger partial charge in [0.05, 0.1) is 5.02 Å². The van der Waals surface area contributed by atoms with Crippen LogP contribution >= 0.6 is 23.8 Å². The lowest BCUT2D eigenvalue weighted by Gasteiger charge is -2.09. The summed E-state index contributed by atoms with van der Waals surface area (Å²) in [5.41, 5.74) is 2.02. The fourth-order valence-electron chi connectivity index (χ4n) is 2.43. The lowest BCUT2D eigenvalue weighted by molar-refractivity contribution is -0.114. The molecule has 0 aliphatic carbocycles. The summed E-state index contributed by atoms with van der Waals surface area (Å²) in [6.07, 6.45) is 0. The lowest BCUT2D eigenvalue weighted by atomic mass is 10.2. The monoisotopic (exact) mass is 413 g/mol. The Hall–Kier alpha value is -3.16. The van der Waals surface area contributed by atoms with Crippen molar-refractivity contribution in [1.29, 1.82) is 0 Å². The van der Waals surface area contributed by atoms with E-state index in [4.69, 9.17) is 28.2 Å². The van der Waals surface area contributed by atoms with Crippen molar-refractivity contribution in [3.8, 4) is 11.3 Å². The van der Waals surface area contributed by atoms with Crippen LogP contribution < -0.4 is 16.0 Å². The standard InChI is InChI=1S/C20H16ClN3O3S/c1-12(25)22-13-6-8-14(9-7-13)23-20(28)24-19(26)18-11-10-17(27-18)15-4-2-3-5-16(15)21/h2-11H,1H3,(H,22,25)(H2,23,24,26,28). The fourth-order valence-corrected chi connectivity index (χ4v) is 2.87.